The van der Waals surface area contributed by atoms with E-state index >= 15 is 0 Å². The van der Waals surface area contributed by atoms with Crippen molar-refractivity contribution in [3.05, 3.63) is 48.3 Å². The van der Waals surface area contributed by atoms with E-state index in [0.717, 1.165) is 17.1 Å². The summed E-state index contributed by atoms with van der Waals surface area (Å²) in [6, 6.07) is 10.7. The Bertz CT molecular complexity index is 689. The van der Waals surface area contributed by atoms with Crippen LogP contribution in [-0.4, -0.2) is 4.98 Å². The van der Waals surface area contributed by atoms with Crippen molar-refractivity contribution in [1.29, 1.82) is 0 Å². The molecule has 0 unspecified atom stereocenters. The predicted molar refractivity (Wildman–Crippen MR) is 75.7 cm³/mol. The van der Waals surface area contributed by atoms with Crippen LogP contribution < -0.4 is 28.5 Å². The molecule has 19 heavy (non-hydrogen) atoms. The van der Waals surface area contributed by atoms with Gasteiger partial charge in [-0.25, -0.2) is 9.55 Å². The molecule has 3 aromatic rings. The first-order valence-corrected chi connectivity index (χ1v) is 6.94. The molecule has 0 spiro atoms. The third kappa shape index (κ3) is 2.95. The molecular weight excluding hydrogens is 367 g/mol. The number of halogens is 1. The van der Waals surface area contributed by atoms with E-state index < -0.39 is 0 Å². The number of aromatic nitrogens is 2. The molecule has 0 saturated carbocycles. The lowest BCUT2D eigenvalue weighted by Gasteiger charge is -1.94. The van der Waals surface area contributed by atoms with Gasteiger partial charge in [0.05, 0.1) is 10.2 Å². The minimum atomic E-state index is 0. The van der Waals surface area contributed by atoms with Crippen molar-refractivity contribution in [3.63, 3.8) is 0 Å². The Hall–Kier alpha value is -1.01. The van der Waals surface area contributed by atoms with Crippen molar-refractivity contribution in [2.24, 2.45) is 0 Å². The SMILES string of the molecule is CC[n+]1ccc(-c2nc3ccc(C)cc3s2)cc1.[I-]. The fourth-order valence-corrected chi connectivity index (χ4v) is 3.04. The van der Waals surface area contributed by atoms with Gasteiger partial charge < -0.3 is 24.0 Å². The lowest BCUT2D eigenvalue weighted by Crippen LogP contribution is -3.00. The van der Waals surface area contributed by atoms with Gasteiger partial charge in [-0.1, -0.05) is 6.07 Å². The van der Waals surface area contributed by atoms with E-state index in [1.165, 1.54) is 15.8 Å². The summed E-state index contributed by atoms with van der Waals surface area (Å²) in [6.07, 6.45) is 4.21. The first kappa shape index (κ1) is 14.4. The average Bonchev–Trinajstić information content (AvgIpc) is 2.81. The zero-order valence-electron chi connectivity index (χ0n) is 10.9. The van der Waals surface area contributed by atoms with Crippen LogP contribution in [0.15, 0.2) is 42.7 Å². The monoisotopic (exact) mass is 382 g/mol. The van der Waals surface area contributed by atoms with Crippen LogP contribution in [0.5, 0.6) is 0 Å². The second kappa shape index (κ2) is 5.96. The molecule has 98 valence electrons. The van der Waals surface area contributed by atoms with Crippen LogP contribution in [0, 0.1) is 6.92 Å². The summed E-state index contributed by atoms with van der Waals surface area (Å²) in [5.74, 6) is 0. The van der Waals surface area contributed by atoms with Gasteiger partial charge in [-0.3, -0.25) is 0 Å². The van der Waals surface area contributed by atoms with Crippen LogP contribution in [0.4, 0.5) is 0 Å². The third-order valence-corrected chi connectivity index (χ3v) is 4.11. The van der Waals surface area contributed by atoms with Crippen molar-refractivity contribution in [3.8, 4) is 10.6 Å². The zero-order chi connectivity index (χ0) is 12.5. The summed E-state index contributed by atoms with van der Waals surface area (Å²) in [5, 5.41) is 1.10. The quantitative estimate of drug-likeness (QED) is 0.468. The molecule has 0 amide bonds. The van der Waals surface area contributed by atoms with E-state index in [1.807, 2.05) is 0 Å². The summed E-state index contributed by atoms with van der Waals surface area (Å²) in [4.78, 5) is 4.69. The largest absolute Gasteiger partial charge is 1.00 e. The highest BCUT2D eigenvalue weighted by Gasteiger charge is 2.07. The Balaban J connectivity index is 0.00000133. The minimum Gasteiger partial charge on any atom is -1.00 e. The summed E-state index contributed by atoms with van der Waals surface area (Å²) in [5.41, 5.74) is 3.57. The van der Waals surface area contributed by atoms with E-state index in [0.29, 0.717) is 0 Å². The Kier molecular flexibility index (Phi) is 4.52. The Labute approximate surface area is 134 Å². The fourth-order valence-electron chi connectivity index (χ4n) is 1.97. The first-order chi connectivity index (χ1) is 8.76. The number of pyridine rings is 1. The molecular formula is C15H15IN2S. The number of hydrogen-bond acceptors (Lipinski definition) is 2. The second-order valence-corrected chi connectivity index (χ2v) is 5.44. The number of benzene rings is 1. The van der Waals surface area contributed by atoms with E-state index in [9.17, 15) is 0 Å². The van der Waals surface area contributed by atoms with Crippen LogP contribution >= 0.6 is 11.3 Å². The van der Waals surface area contributed by atoms with E-state index in [1.54, 1.807) is 11.3 Å². The van der Waals surface area contributed by atoms with Gasteiger partial charge in [0, 0.05) is 17.7 Å². The van der Waals surface area contributed by atoms with E-state index in [2.05, 4.69) is 66.1 Å². The molecule has 0 aliphatic rings. The van der Waals surface area contributed by atoms with Crippen LogP contribution in [0.2, 0.25) is 0 Å². The van der Waals surface area contributed by atoms with Gasteiger partial charge in [-0.15, -0.1) is 11.3 Å². The Morgan fingerprint density at radius 2 is 1.89 bits per heavy atom. The molecule has 0 radical (unpaired) electrons. The van der Waals surface area contributed by atoms with Gasteiger partial charge in [-0.2, -0.15) is 0 Å². The highest BCUT2D eigenvalue weighted by atomic mass is 127. The average molecular weight is 382 g/mol. The van der Waals surface area contributed by atoms with Gasteiger partial charge in [0.2, 0.25) is 0 Å². The van der Waals surface area contributed by atoms with Crippen LogP contribution in [-0.2, 0) is 6.54 Å². The molecule has 0 saturated heterocycles. The zero-order valence-corrected chi connectivity index (χ0v) is 13.9. The highest BCUT2D eigenvalue weighted by Crippen LogP contribution is 2.29. The van der Waals surface area contributed by atoms with Gasteiger partial charge in [0.1, 0.15) is 11.6 Å². The summed E-state index contributed by atoms with van der Waals surface area (Å²) in [7, 11) is 0. The molecule has 3 rings (SSSR count). The first-order valence-electron chi connectivity index (χ1n) is 6.13. The predicted octanol–water partition coefficient (Wildman–Crippen LogP) is 0.583. The lowest BCUT2D eigenvalue weighted by molar-refractivity contribution is -0.693. The van der Waals surface area contributed by atoms with Gasteiger partial charge in [-0.05, 0) is 31.5 Å². The lowest BCUT2D eigenvalue weighted by atomic mass is 10.2. The summed E-state index contributed by atoms with van der Waals surface area (Å²) >= 11 is 1.76. The van der Waals surface area contributed by atoms with Gasteiger partial charge >= 0.3 is 0 Å². The second-order valence-electron chi connectivity index (χ2n) is 4.41. The maximum Gasteiger partial charge on any atom is 0.169 e. The number of thiazole rings is 1. The highest BCUT2D eigenvalue weighted by molar-refractivity contribution is 7.21. The molecule has 4 heteroatoms. The van der Waals surface area contributed by atoms with Crippen LogP contribution in [0.3, 0.4) is 0 Å². The Morgan fingerprint density at radius 1 is 1.16 bits per heavy atom. The summed E-state index contributed by atoms with van der Waals surface area (Å²) in [6.45, 7) is 5.25. The smallest absolute Gasteiger partial charge is 0.169 e. The maximum atomic E-state index is 4.69. The molecule has 0 atom stereocenters. The Morgan fingerprint density at radius 3 is 2.58 bits per heavy atom. The van der Waals surface area contributed by atoms with Gasteiger partial charge in [0.25, 0.3) is 0 Å². The van der Waals surface area contributed by atoms with Crippen LogP contribution in [0.25, 0.3) is 20.8 Å². The topological polar surface area (TPSA) is 16.8 Å². The third-order valence-electron chi connectivity index (χ3n) is 3.05. The van der Waals surface area contributed by atoms with E-state index in [4.69, 9.17) is 0 Å². The standard InChI is InChI=1S/C15H15N2S.HI/c1-3-17-8-6-12(7-9-17)15-16-13-5-4-11(2)10-14(13)18-15;/h4-10H,3H2,1-2H3;1H/q+1;/p-1. The van der Waals surface area contributed by atoms with Gasteiger partial charge in [0.15, 0.2) is 12.4 Å². The fraction of sp³-hybridized carbons (Fsp3) is 0.200. The molecule has 0 aliphatic heterocycles. The molecule has 0 bridgehead atoms. The number of hydrogen-bond donors (Lipinski definition) is 0. The maximum absolute atomic E-state index is 4.69. The summed E-state index contributed by atoms with van der Waals surface area (Å²) < 4.78 is 3.42. The normalized spacial score (nSPS) is 10.4. The molecule has 2 aromatic heterocycles. The number of fused-ring (bicyclic) bond motifs is 1. The van der Waals surface area contributed by atoms with Crippen molar-refractivity contribution in [1.82, 2.24) is 4.98 Å². The van der Waals surface area contributed by atoms with Crippen molar-refractivity contribution >= 4 is 21.6 Å². The molecule has 0 aliphatic carbocycles. The van der Waals surface area contributed by atoms with Crippen LogP contribution in [0.1, 0.15) is 12.5 Å². The molecule has 1 aromatic carbocycles. The number of rotatable bonds is 2. The molecule has 2 heterocycles. The number of nitrogens with zero attached hydrogens (tertiary/aromatic N) is 2. The number of aryl methyl sites for hydroxylation is 2. The van der Waals surface area contributed by atoms with Crippen molar-refractivity contribution in [2.75, 3.05) is 0 Å². The minimum absolute atomic E-state index is 0. The van der Waals surface area contributed by atoms with E-state index in [-0.39, 0.29) is 24.0 Å². The molecule has 2 nitrogen and oxygen atoms in total. The molecule has 0 N–H and O–H groups in total. The van der Waals surface area contributed by atoms with Crippen molar-refractivity contribution < 1.29 is 28.5 Å². The van der Waals surface area contributed by atoms with Crippen molar-refractivity contribution in [2.45, 2.75) is 20.4 Å². The molecule has 0 fully saturated rings.